The molecule has 1 saturated heterocycles. The van der Waals surface area contributed by atoms with Crippen molar-refractivity contribution in [1.82, 2.24) is 9.80 Å². The predicted molar refractivity (Wildman–Crippen MR) is 114 cm³/mol. The van der Waals surface area contributed by atoms with Crippen molar-refractivity contribution in [3.8, 4) is 0 Å². The minimum atomic E-state index is -0.282. The largest absolute Gasteiger partial charge is 0.374 e. The van der Waals surface area contributed by atoms with Gasteiger partial charge in [0.15, 0.2) is 0 Å². The van der Waals surface area contributed by atoms with Crippen LogP contribution in [0.2, 0.25) is 0 Å². The van der Waals surface area contributed by atoms with Crippen LogP contribution in [0.15, 0.2) is 59.2 Å². The first kappa shape index (κ1) is 18.9. The van der Waals surface area contributed by atoms with Crippen LogP contribution in [0, 0.1) is 0 Å². The van der Waals surface area contributed by atoms with Gasteiger partial charge in [-0.15, -0.1) is 0 Å². The van der Waals surface area contributed by atoms with Crippen LogP contribution in [0.25, 0.3) is 5.57 Å². The average Bonchev–Trinajstić information content (AvgIpc) is 2.73. The molecule has 5 nitrogen and oxygen atoms in total. The zero-order valence-corrected chi connectivity index (χ0v) is 17.4. The fourth-order valence-corrected chi connectivity index (χ4v) is 3.96. The number of carbonyl (C=O) groups excluding carboxylic acids is 2. The van der Waals surface area contributed by atoms with Crippen molar-refractivity contribution in [3.63, 3.8) is 0 Å². The van der Waals surface area contributed by atoms with E-state index in [1.807, 2.05) is 36.5 Å². The number of likely N-dealkylation sites (N-methyl/N-ethyl adjacent to an activating group) is 1. The lowest BCUT2D eigenvalue weighted by Crippen LogP contribution is -2.45. The zero-order chi connectivity index (χ0) is 19.7. The lowest BCUT2D eigenvalue weighted by Gasteiger charge is -2.35. The summed E-state index contributed by atoms with van der Waals surface area (Å²) in [5.74, 6) is -0.556. The second-order valence-electron chi connectivity index (χ2n) is 6.98. The molecule has 4 rings (SSSR count). The van der Waals surface area contributed by atoms with Gasteiger partial charge in [0.05, 0.1) is 11.3 Å². The Balaban J connectivity index is 1.74. The summed E-state index contributed by atoms with van der Waals surface area (Å²) in [7, 11) is 0. The lowest BCUT2D eigenvalue weighted by atomic mass is 9.93. The van der Waals surface area contributed by atoms with Crippen molar-refractivity contribution in [2.45, 2.75) is 6.92 Å². The quantitative estimate of drug-likeness (QED) is 0.541. The molecule has 0 unspecified atom stereocenters. The van der Waals surface area contributed by atoms with Gasteiger partial charge in [0.1, 0.15) is 0 Å². The van der Waals surface area contributed by atoms with E-state index in [0.717, 1.165) is 37.2 Å². The van der Waals surface area contributed by atoms with Crippen LogP contribution in [0.1, 0.15) is 22.8 Å². The number of rotatable bonds is 3. The second kappa shape index (κ2) is 7.89. The summed E-state index contributed by atoms with van der Waals surface area (Å²) in [5.41, 5.74) is 2.42. The third-order valence-corrected chi connectivity index (χ3v) is 5.86. The van der Waals surface area contributed by atoms with E-state index in [-0.39, 0.29) is 11.8 Å². The maximum absolute atomic E-state index is 13.4. The fraction of sp³-hybridized carbons (Fsp3) is 0.273. The molecular weight excluding hydrogens is 418 g/mol. The van der Waals surface area contributed by atoms with Gasteiger partial charge in [0, 0.05) is 48.0 Å². The van der Waals surface area contributed by atoms with Gasteiger partial charge < -0.3 is 9.80 Å². The lowest BCUT2D eigenvalue weighted by molar-refractivity contribution is -0.112. The highest BCUT2D eigenvalue weighted by atomic mass is 79.9. The number of hydrogen-bond acceptors (Lipinski definition) is 4. The highest BCUT2D eigenvalue weighted by molar-refractivity contribution is 9.10. The van der Waals surface area contributed by atoms with E-state index in [1.165, 1.54) is 4.90 Å². The summed E-state index contributed by atoms with van der Waals surface area (Å²) in [5, 5.41) is 0. The summed E-state index contributed by atoms with van der Waals surface area (Å²) < 4.78 is 0.901. The van der Waals surface area contributed by atoms with E-state index in [1.54, 1.807) is 18.2 Å². The summed E-state index contributed by atoms with van der Waals surface area (Å²) in [6.45, 7) is 6.91. The molecule has 0 aliphatic carbocycles. The minimum Gasteiger partial charge on any atom is -0.374 e. The van der Waals surface area contributed by atoms with Crippen molar-refractivity contribution in [1.29, 1.82) is 0 Å². The van der Waals surface area contributed by atoms with E-state index >= 15 is 0 Å². The van der Waals surface area contributed by atoms with Crippen LogP contribution in [0.4, 0.5) is 5.69 Å². The number of hydrogen-bond donors (Lipinski definition) is 0. The van der Waals surface area contributed by atoms with Crippen molar-refractivity contribution in [2.24, 2.45) is 0 Å². The van der Waals surface area contributed by atoms with Gasteiger partial charge in [-0.05, 0) is 36.9 Å². The molecule has 0 spiro atoms. The Hall–Kier alpha value is -2.44. The SMILES string of the molecule is CCN1CCN(C=C2C(=O)N(c3ccc(Br)cc3)C(=O)c3ccccc32)CC1. The van der Waals surface area contributed by atoms with Gasteiger partial charge in [-0.2, -0.15) is 0 Å². The molecule has 2 aromatic carbocycles. The first-order chi connectivity index (χ1) is 13.6. The number of benzene rings is 2. The first-order valence-corrected chi connectivity index (χ1v) is 10.3. The Labute approximate surface area is 173 Å². The summed E-state index contributed by atoms with van der Waals surface area (Å²) in [6, 6.07) is 14.6. The first-order valence-electron chi connectivity index (χ1n) is 9.50. The molecular formula is C22H22BrN3O2. The normalized spacial score (nSPS) is 19.3. The zero-order valence-electron chi connectivity index (χ0n) is 15.8. The molecule has 0 radical (unpaired) electrons. The Kier molecular flexibility index (Phi) is 5.33. The summed E-state index contributed by atoms with van der Waals surface area (Å²) in [6.07, 6.45) is 1.94. The molecule has 2 aliphatic heterocycles. The molecule has 28 heavy (non-hydrogen) atoms. The van der Waals surface area contributed by atoms with Crippen LogP contribution < -0.4 is 4.90 Å². The highest BCUT2D eigenvalue weighted by Gasteiger charge is 2.36. The minimum absolute atomic E-state index is 0.274. The van der Waals surface area contributed by atoms with Crippen LogP contribution in [-0.4, -0.2) is 54.3 Å². The predicted octanol–water partition coefficient (Wildman–Crippen LogP) is 3.61. The van der Waals surface area contributed by atoms with Crippen molar-refractivity contribution < 1.29 is 9.59 Å². The number of piperazine rings is 1. The van der Waals surface area contributed by atoms with Gasteiger partial charge in [-0.1, -0.05) is 41.1 Å². The van der Waals surface area contributed by atoms with Crippen molar-refractivity contribution >= 4 is 39.0 Å². The molecule has 0 bridgehead atoms. The standard InChI is InChI=1S/C22H22BrN3O2/c1-2-24-11-13-25(14-12-24)15-20-18-5-3-4-6-19(18)21(27)26(22(20)28)17-9-7-16(23)8-10-17/h3-10,15H,2,11-14H2,1H3. The maximum Gasteiger partial charge on any atom is 0.267 e. The van der Waals surface area contributed by atoms with E-state index in [9.17, 15) is 9.59 Å². The number of carbonyl (C=O) groups is 2. The van der Waals surface area contributed by atoms with Crippen molar-refractivity contribution in [3.05, 3.63) is 70.3 Å². The highest BCUT2D eigenvalue weighted by Crippen LogP contribution is 2.33. The third-order valence-electron chi connectivity index (χ3n) is 5.33. The Bertz CT molecular complexity index is 931. The maximum atomic E-state index is 13.4. The van der Waals surface area contributed by atoms with Crippen LogP contribution in [0.5, 0.6) is 0 Å². The summed E-state index contributed by atoms with van der Waals surface area (Å²) >= 11 is 3.40. The van der Waals surface area contributed by atoms with E-state index in [4.69, 9.17) is 0 Å². The molecule has 6 heteroatoms. The summed E-state index contributed by atoms with van der Waals surface area (Å²) in [4.78, 5) is 32.3. The van der Waals surface area contributed by atoms with Gasteiger partial charge in [-0.3, -0.25) is 9.59 Å². The van der Waals surface area contributed by atoms with Crippen LogP contribution >= 0.6 is 15.9 Å². The number of halogens is 1. The van der Waals surface area contributed by atoms with Gasteiger partial charge >= 0.3 is 0 Å². The third kappa shape index (κ3) is 3.50. The molecule has 2 heterocycles. The average molecular weight is 440 g/mol. The molecule has 0 atom stereocenters. The van der Waals surface area contributed by atoms with Crippen LogP contribution in [0.3, 0.4) is 0 Å². The topological polar surface area (TPSA) is 43.9 Å². The molecule has 0 aromatic heterocycles. The molecule has 2 amide bonds. The van der Waals surface area contributed by atoms with E-state index < -0.39 is 0 Å². The van der Waals surface area contributed by atoms with Gasteiger partial charge in [-0.25, -0.2) is 4.90 Å². The fourth-order valence-electron chi connectivity index (χ4n) is 3.69. The van der Waals surface area contributed by atoms with Crippen LogP contribution in [-0.2, 0) is 4.79 Å². The van der Waals surface area contributed by atoms with Crippen molar-refractivity contribution in [2.75, 3.05) is 37.6 Å². The van der Waals surface area contributed by atoms with Gasteiger partial charge in [0.2, 0.25) is 0 Å². The Morgan fingerprint density at radius 2 is 1.54 bits per heavy atom. The molecule has 2 aliphatic rings. The molecule has 144 valence electrons. The monoisotopic (exact) mass is 439 g/mol. The Morgan fingerprint density at radius 1 is 0.893 bits per heavy atom. The number of nitrogens with zero attached hydrogens (tertiary/aromatic N) is 3. The molecule has 1 fully saturated rings. The van der Waals surface area contributed by atoms with Gasteiger partial charge in [0.25, 0.3) is 11.8 Å². The molecule has 0 saturated carbocycles. The second-order valence-corrected chi connectivity index (χ2v) is 7.90. The number of imide groups is 1. The number of amides is 2. The van der Waals surface area contributed by atoms with E-state index in [2.05, 4.69) is 32.7 Å². The smallest absolute Gasteiger partial charge is 0.267 e. The Morgan fingerprint density at radius 3 is 2.18 bits per heavy atom. The number of fused-ring (bicyclic) bond motifs is 1. The van der Waals surface area contributed by atoms with E-state index in [0.29, 0.717) is 22.4 Å². The molecule has 2 aromatic rings. The molecule has 0 N–H and O–H groups in total. The number of anilines is 1.